The van der Waals surface area contributed by atoms with Gasteiger partial charge in [0.1, 0.15) is 5.82 Å². The van der Waals surface area contributed by atoms with Crippen LogP contribution in [-0.2, 0) is 16.4 Å². The highest BCUT2D eigenvalue weighted by Gasteiger charge is 2.31. The van der Waals surface area contributed by atoms with E-state index in [9.17, 15) is 17.6 Å². The zero-order chi connectivity index (χ0) is 21.0. The van der Waals surface area contributed by atoms with Gasteiger partial charge in [0.2, 0.25) is 10.0 Å². The van der Waals surface area contributed by atoms with Gasteiger partial charge >= 0.3 is 0 Å². The first kappa shape index (κ1) is 21.5. The summed E-state index contributed by atoms with van der Waals surface area (Å²) in [5, 5.41) is 2.78. The lowest BCUT2D eigenvalue weighted by Crippen LogP contribution is -2.42. The van der Waals surface area contributed by atoms with E-state index in [0.29, 0.717) is 43.5 Å². The van der Waals surface area contributed by atoms with Crippen LogP contribution < -0.4 is 5.32 Å². The minimum atomic E-state index is -3.56. The summed E-state index contributed by atoms with van der Waals surface area (Å²) in [4.78, 5) is 12.5. The Bertz CT molecular complexity index is 950. The molecule has 2 aromatic rings. The lowest BCUT2D eigenvalue weighted by atomic mass is 9.94. The number of amides is 1. The molecule has 1 aliphatic heterocycles. The molecule has 0 unspecified atom stereocenters. The molecule has 0 aromatic heterocycles. The van der Waals surface area contributed by atoms with Gasteiger partial charge in [0, 0.05) is 25.2 Å². The molecule has 1 aliphatic rings. The Morgan fingerprint density at radius 2 is 1.76 bits per heavy atom. The summed E-state index contributed by atoms with van der Waals surface area (Å²) in [6, 6.07) is 12.3. The zero-order valence-corrected chi connectivity index (χ0v) is 17.6. The molecule has 7 heteroatoms. The molecular weight excluding hydrogens is 391 g/mol. The highest BCUT2D eigenvalue weighted by Crippen LogP contribution is 2.26. The minimum Gasteiger partial charge on any atom is -0.352 e. The number of nitrogens with one attached hydrogen (secondary N) is 1. The second-order valence-corrected chi connectivity index (χ2v) is 9.87. The Hall–Kier alpha value is -2.25. The van der Waals surface area contributed by atoms with Crippen molar-refractivity contribution < 1.29 is 17.6 Å². The molecule has 0 radical (unpaired) electrons. The third-order valence-corrected chi connectivity index (χ3v) is 7.02. The van der Waals surface area contributed by atoms with E-state index >= 15 is 0 Å². The molecule has 2 aromatic carbocycles. The number of rotatable bonds is 6. The average molecular weight is 419 g/mol. The Labute approximate surface area is 172 Å². The van der Waals surface area contributed by atoms with E-state index in [1.807, 2.05) is 0 Å². The highest BCUT2D eigenvalue weighted by molar-refractivity contribution is 7.89. The predicted molar refractivity (Wildman–Crippen MR) is 111 cm³/mol. The number of nitrogens with zero attached hydrogens (tertiary/aromatic N) is 1. The van der Waals surface area contributed by atoms with Crippen molar-refractivity contribution in [3.05, 3.63) is 65.5 Å². The van der Waals surface area contributed by atoms with Crippen LogP contribution in [0.1, 0.15) is 36.2 Å². The van der Waals surface area contributed by atoms with E-state index in [0.717, 1.165) is 12.0 Å². The number of sulfonamides is 1. The zero-order valence-electron chi connectivity index (χ0n) is 16.8. The van der Waals surface area contributed by atoms with Crippen LogP contribution in [0.15, 0.2) is 53.4 Å². The summed E-state index contributed by atoms with van der Waals surface area (Å²) >= 11 is 0. The Morgan fingerprint density at radius 1 is 1.10 bits per heavy atom. The normalized spacial score (nSPS) is 20.4. The molecule has 0 aliphatic carbocycles. The summed E-state index contributed by atoms with van der Waals surface area (Å²) in [6.07, 6.45) is 1.54. The average Bonchev–Trinajstić information content (AvgIpc) is 2.67. The Morgan fingerprint density at radius 3 is 2.38 bits per heavy atom. The fourth-order valence-corrected chi connectivity index (χ4v) is 5.52. The van der Waals surface area contributed by atoms with Crippen molar-refractivity contribution in [2.24, 2.45) is 11.8 Å². The molecule has 5 nitrogen and oxygen atoms in total. The van der Waals surface area contributed by atoms with Crippen LogP contribution in [-0.4, -0.2) is 38.3 Å². The molecule has 0 spiro atoms. The number of piperidine rings is 1. The topological polar surface area (TPSA) is 66.5 Å². The van der Waals surface area contributed by atoms with Crippen LogP contribution in [0.3, 0.4) is 0 Å². The summed E-state index contributed by atoms with van der Waals surface area (Å²) in [5.74, 6) is 0.0713. The monoisotopic (exact) mass is 418 g/mol. The third kappa shape index (κ3) is 5.42. The van der Waals surface area contributed by atoms with E-state index in [1.165, 1.54) is 36.4 Å². The molecule has 3 rings (SSSR count). The molecule has 1 amide bonds. The summed E-state index contributed by atoms with van der Waals surface area (Å²) in [5.41, 5.74) is 1.19. The quantitative estimate of drug-likeness (QED) is 0.781. The van der Waals surface area contributed by atoms with Crippen molar-refractivity contribution in [3.63, 3.8) is 0 Å². The van der Waals surface area contributed by atoms with Gasteiger partial charge in [-0.3, -0.25) is 4.79 Å². The molecule has 0 saturated carbocycles. The first-order valence-corrected chi connectivity index (χ1v) is 11.3. The third-order valence-electron chi connectivity index (χ3n) is 5.18. The largest absolute Gasteiger partial charge is 0.352 e. The lowest BCUT2D eigenvalue weighted by Gasteiger charge is -2.34. The van der Waals surface area contributed by atoms with Crippen LogP contribution >= 0.6 is 0 Å². The minimum absolute atomic E-state index is 0.204. The smallest absolute Gasteiger partial charge is 0.251 e. The lowest BCUT2D eigenvalue weighted by molar-refractivity contribution is 0.0954. The van der Waals surface area contributed by atoms with Gasteiger partial charge in [-0.1, -0.05) is 26.0 Å². The number of hydrogen-bond donors (Lipinski definition) is 1. The molecule has 2 atom stereocenters. The van der Waals surface area contributed by atoms with Gasteiger partial charge in [-0.15, -0.1) is 0 Å². The fraction of sp³-hybridized carbons (Fsp3) is 0.409. The first-order chi connectivity index (χ1) is 13.8. The standard InChI is InChI=1S/C22H27FN2O3S/c1-16-12-17(2)15-25(14-16)29(27,28)21-8-6-19(7-9-21)22(26)24-11-10-18-4-3-5-20(23)13-18/h3-9,13,16-17H,10-12,14-15H2,1-2H3,(H,24,26)/t16-,17-/m0/s1. The van der Waals surface area contributed by atoms with Crippen LogP contribution in [0.4, 0.5) is 4.39 Å². The number of carbonyl (C=O) groups excluding carboxylic acids is 1. The van der Waals surface area contributed by atoms with Crippen molar-refractivity contribution in [1.29, 1.82) is 0 Å². The van der Waals surface area contributed by atoms with Gasteiger partial charge in [0.05, 0.1) is 4.90 Å². The van der Waals surface area contributed by atoms with Gasteiger partial charge in [0.25, 0.3) is 5.91 Å². The van der Waals surface area contributed by atoms with E-state index in [1.54, 1.807) is 16.4 Å². The van der Waals surface area contributed by atoms with Gasteiger partial charge in [-0.25, -0.2) is 12.8 Å². The fourth-order valence-electron chi connectivity index (χ4n) is 3.84. The Kier molecular flexibility index (Phi) is 6.70. The van der Waals surface area contributed by atoms with Crippen molar-refractivity contribution >= 4 is 15.9 Å². The second-order valence-electron chi connectivity index (χ2n) is 7.93. The number of halogens is 1. The highest BCUT2D eigenvalue weighted by atomic mass is 32.2. The maximum absolute atomic E-state index is 13.2. The van der Waals surface area contributed by atoms with Gasteiger partial charge in [-0.2, -0.15) is 4.31 Å². The van der Waals surface area contributed by atoms with Crippen LogP contribution in [0, 0.1) is 17.7 Å². The molecule has 0 bridgehead atoms. The van der Waals surface area contributed by atoms with Gasteiger partial charge in [0.15, 0.2) is 0 Å². The first-order valence-electron chi connectivity index (χ1n) is 9.88. The molecule has 1 heterocycles. The molecular formula is C22H27FN2O3S. The number of hydrogen-bond acceptors (Lipinski definition) is 3. The number of benzene rings is 2. The van der Waals surface area contributed by atoms with Crippen molar-refractivity contribution in [1.82, 2.24) is 9.62 Å². The molecule has 29 heavy (non-hydrogen) atoms. The Balaban J connectivity index is 1.61. The van der Waals surface area contributed by atoms with E-state index in [4.69, 9.17) is 0 Å². The van der Waals surface area contributed by atoms with E-state index in [2.05, 4.69) is 19.2 Å². The maximum Gasteiger partial charge on any atom is 0.251 e. The molecule has 1 fully saturated rings. The van der Waals surface area contributed by atoms with Crippen LogP contribution in [0.5, 0.6) is 0 Å². The maximum atomic E-state index is 13.2. The summed E-state index contributed by atoms with van der Waals surface area (Å²) < 4.78 is 40.6. The summed E-state index contributed by atoms with van der Waals surface area (Å²) in [7, 11) is -3.56. The van der Waals surface area contributed by atoms with Crippen LogP contribution in [0.25, 0.3) is 0 Å². The predicted octanol–water partition coefficient (Wildman–Crippen LogP) is 3.46. The van der Waals surface area contributed by atoms with Crippen LogP contribution in [0.2, 0.25) is 0 Å². The van der Waals surface area contributed by atoms with Crippen molar-refractivity contribution in [3.8, 4) is 0 Å². The van der Waals surface area contributed by atoms with E-state index < -0.39 is 10.0 Å². The molecule has 1 N–H and O–H groups in total. The van der Waals surface area contributed by atoms with E-state index in [-0.39, 0.29) is 16.6 Å². The summed E-state index contributed by atoms with van der Waals surface area (Å²) in [6.45, 7) is 5.54. The SMILES string of the molecule is C[C@H]1C[C@H](C)CN(S(=O)(=O)c2ccc(C(=O)NCCc3cccc(F)c3)cc2)C1. The van der Waals surface area contributed by atoms with Gasteiger partial charge in [-0.05, 0) is 66.6 Å². The number of carbonyl (C=O) groups is 1. The second kappa shape index (κ2) is 9.05. The molecule has 156 valence electrons. The van der Waals surface area contributed by atoms with Crippen molar-refractivity contribution in [2.45, 2.75) is 31.6 Å². The van der Waals surface area contributed by atoms with Gasteiger partial charge < -0.3 is 5.32 Å². The molecule has 1 saturated heterocycles. The van der Waals surface area contributed by atoms with Crippen molar-refractivity contribution in [2.75, 3.05) is 19.6 Å².